The molecule has 4 heterocycles. The van der Waals surface area contributed by atoms with Gasteiger partial charge in [-0.05, 0) is 37.8 Å². The highest BCUT2D eigenvalue weighted by Crippen LogP contribution is 2.16. The van der Waals surface area contributed by atoms with E-state index in [9.17, 15) is 0 Å². The first-order valence-corrected chi connectivity index (χ1v) is 9.79. The molecule has 2 aliphatic rings. The monoisotopic (exact) mass is 382 g/mol. The predicted molar refractivity (Wildman–Crippen MR) is 110 cm³/mol. The normalized spacial score (nSPS) is 18.1. The number of piperazine rings is 1. The Balaban J connectivity index is 1.61. The number of aliphatic imine (C=N–C) groups is 1. The summed E-state index contributed by atoms with van der Waals surface area (Å²) in [5, 5.41) is 6.09. The fraction of sp³-hybridized carbons (Fsp3) is 0.389. The van der Waals surface area contributed by atoms with Gasteiger partial charge in [0.15, 0.2) is 5.82 Å². The number of aromatic nitrogens is 4. The van der Waals surface area contributed by atoms with Gasteiger partial charge in [0.1, 0.15) is 10.8 Å². The third-order valence-corrected chi connectivity index (χ3v) is 5.12. The number of nitrogens with zero attached hydrogens (tertiary/aromatic N) is 7. The molecular formula is C18H22N8S. The second-order valence-electron chi connectivity index (χ2n) is 6.63. The number of rotatable bonds is 4. The summed E-state index contributed by atoms with van der Waals surface area (Å²) in [5.74, 6) is 2.61. The summed E-state index contributed by atoms with van der Waals surface area (Å²) in [5.41, 5.74) is 1.22. The highest BCUT2D eigenvalue weighted by atomic mass is 32.1. The Morgan fingerprint density at radius 1 is 1.11 bits per heavy atom. The fourth-order valence-electron chi connectivity index (χ4n) is 2.85. The lowest BCUT2D eigenvalue weighted by atomic mass is 10.3. The first kappa shape index (κ1) is 17.7. The summed E-state index contributed by atoms with van der Waals surface area (Å²) in [7, 11) is 2.13. The molecule has 2 aromatic rings. The van der Waals surface area contributed by atoms with E-state index < -0.39 is 0 Å². The van der Waals surface area contributed by atoms with Gasteiger partial charge in [0, 0.05) is 37.8 Å². The molecule has 1 fully saturated rings. The van der Waals surface area contributed by atoms with Crippen LogP contribution in [0.25, 0.3) is 12.2 Å². The fourth-order valence-corrected chi connectivity index (χ4v) is 3.38. The van der Waals surface area contributed by atoms with Crippen molar-refractivity contribution in [2.75, 3.05) is 50.0 Å². The third kappa shape index (κ3) is 4.55. The molecule has 27 heavy (non-hydrogen) atoms. The maximum Gasteiger partial charge on any atom is 0.233 e. The number of amidine groups is 1. The van der Waals surface area contributed by atoms with E-state index in [1.165, 1.54) is 5.57 Å². The Labute approximate surface area is 162 Å². The van der Waals surface area contributed by atoms with Crippen LogP contribution in [0.1, 0.15) is 17.8 Å². The zero-order valence-electron chi connectivity index (χ0n) is 15.5. The zero-order chi connectivity index (χ0) is 18.6. The molecule has 2 aromatic heterocycles. The summed E-state index contributed by atoms with van der Waals surface area (Å²) in [6, 6.07) is 0. The van der Waals surface area contributed by atoms with E-state index in [0.717, 1.165) is 43.6 Å². The number of hydrogen-bond donors (Lipinski definition) is 1. The van der Waals surface area contributed by atoms with Gasteiger partial charge in [0.05, 0.1) is 6.54 Å². The lowest BCUT2D eigenvalue weighted by molar-refractivity contribution is 0.311. The molecule has 1 saturated heterocycles. The Morgan fingerprint density at radius 2 is 1.96 bits per heavy atom. The van der Waals surface area contributed by atoms with E-state index in [1.54, 1.807) is 17.5 Å². The molecule has 0 amide bonds. The molecular weight excluding hydrogens is 360 g/mol. The van der Waals surface area contributed by atoms with Crippen LogP contribution in [0, 0.1) is 0 Å². The maximum absolute atomic E-state index is 4.65. The van der Waals surface area contributed by atoms with Gasteiger partial charge in [-0.2, -0.15) is 15.0 Å². The lowest BCUT2D eigenvalue weighted by Gasteiger charge is -2.32. The standard InChI is InChI=1S/C18H22N8S/c1-13-11-15(20-12-13)22-17-21-14(3-4-16-19-5-10-27-16)23-18(24-17)26-8-6-25(2)7-9-26/h3-5,10-11H,6-9,12H2,1-2H3,(H,20,21,22,23,24)/b4-3+. The first-order chi connectivity index (χ1) is 13.2. The minimum Gasteiger partial charge on any atom is -0.338 e. The molecule has 0 atom stereocenters. The second kappa shape index (κ2) is 7.93. The van der Waals surface area contributed by atoms with Crippen LogP contribution in [0.4, 0.5) is 11.9 Å². The van der Waals surface area contributed by atoms with Crippen LogP contribution in [0.3, 0.4) is 0 Å². The molecule has 0 radical (unpaired) electrons. The van der Waals surface area contributed by atoms with Gasteiger partial charge in [0.25, 0.3) is 0 Å². The van der Waals surface area contributed by atoms with Gasteiger partial charge in [-0.1, -0.05) is 0 Å². The van der Waals surface area contributed by atoms with Crippen molar-refractivity contribution in [3.8, 4) is 0 Å². The van der Waals surface area contributed by atoms with E-state index in [0.29, 0.717) is 17.7 Å². The summed E-state index contributed by atoms with van der Waals surface area (Å²) >= 11 is 1.58. The van der Waals surface area contributed by atoms with E-state index in [4.69, 9.17) is 0 Å². The molecule has 0 bridgehead atoms. The van der Waals surface area contributed by atoms with Crippen molar-refractivity contribution in [1.29, 1.82) is 0 Å². The zero-order valence-corrected chi connectivity index (χ0v) is 16.3. The van der Waals surface area contributed by atoms with Gasteiger partial charge in [-0.3, -0.25) is 4.99 Å². The number of nitrogens with one attached hydrogen (secondary N) is 1. The molecule has 2 aliphatic heterocycles. The summed E-state index contributed by atoms with van der Waals surface area (Å²) < 4.78 is 0. The summed E-state index contributed by atoms with van der Waals surface area (Å²) in [6.45, 7) is 6.56. The third-order valence-electron chi connectivity index (χ3n) is 4.38. The van der Waals surface area contributed by atoms with Gasteiger partial charge in [0.2, 0.25) is 11.9 Å². The summed E-state index contributed by atoms with van der Waals surface area (Å²) in [4.78, 5) is 27.0. The number of thiazole rings is 1. The largest absolute Gasteiger partial charge is 0.338 e. The predicted octanol–water partition coefficient (Wildman–Crippen LogP) is 2.02. The van der Waals surface area contributed by atoms with Crippen molar-refractivity contribution in [3.63, 3.8) is 0 Å². The highest BCUT2D eigenvalue weighted by Gasteiger charge is 2.18. The quantitative estimate of drug-likeness (QED) is 0.866. The topological polar surface area (TPSA) is 82.4 Å². The summed E-state index contributed by atoms with van der Waals surface area (Å²) in [6.07, 6.45) is 7.61. The van der Waals surface area contributed by atoms with Crippen LogP contribution >= 0.6 is 11.3 Å². The second-order valence-corrected chi connectivity index (χ2v) is 7.55. The minimum absolute atomic E-state index is 0.516. The van der Waals surface area contributed by atoms with E-state index in [-0.39, 0.29) is 0 Å². The van der Waals surface area contributed by atoms with Crippen molar-refractivity contribution >= 4 is 41.2 Å². The smallest absolute Gasteiger partial charge is 0.233 e. The molecule has 8 nitrogen and oxygen atoms in total. The first-order valence-electron chi connectivity index (χ1n) is 8.91. The van der Waals surface area contributed by atoms with Crippen molar-refractivity contribution in [2.24, 2.45) is 4.99 Å². The average Bonchev–Trinajstić information content (AvgIpc) is 3.32. The van der Waals surface area contributed by atoms with Crippen LogP contribution in [-0.2, 0) is 0 Å². The van der Waals surface area contributed by atoms with Crippen LogP contribution in [-0.4, -0.2) is 70.4 Å². The van der Waals surface area contributed by atoms with Crippen molar-refractivity contribution < 1.29 is 0 Å². The molecule has 0 aliphatic carbocycles. The van der Waals surface area contributed by atoms with Gasteiger partial charge in [-0.25, -0.2) is 4.98 Å². The SMILES string of the molecule is CC1=CC(Nc2nc(/C=C/c3nccs3)nc(N3CCN(C)CC3)n2)=NC1. The van der Waals surface area contributed by atoms with E-state index in [1.807, 2.05) is 23.6 Å². The van der Waals surface area contributed by atoms with E-state index >= 15 is 0 Å². The maximum atomic E-state index is 4.65. The van der Waals surface area contributed by atoms with Gasteiger partial charge < -0.3 is 15.1 Å². The Bertz CT molecular complexity index is 879. The van der Waals surface area contributed by atoms with Crippen LogP contribution in [0.2, 0.25) is 0 Å². The van der Waals surface area contributed by atoms with Gasteiger partial charge in [-0.15, -0.1) is 11.3 Å². The molecule has 0 aromatic carbocycles. The molecule has 140 valence electrons. The molecule has 0 spiro atoms. The molecule has 4 rings (SSSR count). The van der Waals surface area contributed by atoms with Crippen molar-refractivity contribution in [3.05, 3.63) is 34.1 Å². The Kier molecular flexibility index (Phi) is 5.21. The van der Waals surface area contributed by atoms with Crippen LogP contribution < -0.4 is 10.2 Å². The number of likely N-dealkylation sites (N-methyl/N-ethyl adjacent to an activating group) is 1. The lowest BCUT2D eigenvalue weighted by Crippen LogP contribution is -2.45. The molecule has 9 heteroatoms. The minimum atomic E-state index is 0.516. The molecule has 0 unspecified atom stereocenters. The molecule has 1 N–H and O–H groups in total. The van der Waals surface area contributed by atoms with Gasteiger partial charge >= 0.3 is 0 Å². The Hall–Kier alpha value is -2.65. The van der Waals surface area contributed by atoms with Crippen molar-refractivity contribution in [1.82, 2.24) is 24.8 Å². The van der Waals surface area contributed by atoms with Crippen LogP contribution in [0.15, 0.2) is 28.2 Å². The van der Waals surface area contributed by atoms with E-state index in [2.05, 4.69) is 54.0 Å². The van der Waals surface area contributed by atoms with Crippen molar-refractivity contribution in [2.45, 2.75) is 6.92 Å². The molecule has 0 saturated carbocycles. The van der Waals surface area contributed by atoms with Crippen LogP contribution in [0.5, 0.6) is 0 Å². The average molecular weight is 382 g/mol. The highest BCUT2D eigenvalue weighted by molar-refractivity contribution is 7.10. The Morgan fingerprint density at radius 3 is 2.67 bits per heavy atom. The number of anilines is 2. The number of hydrogen-bond acceptors (Lipinski definition) is 9.